The van der Waals surface area contributed by atoms with Crippen molar-refractivity contribution in [2.75, 3.05) is 19.6 Å². The molecule has 1 aliphatic heterocycles. The number of carbonyl (C=O) groups is 2. The second-order valence-corrected chi connectivity index (χ2v) is 11.1. The zero-order chi connectivity index (χ0) is 25.2. The molecule has 1 saturated heterocycles. The molecule has 4 rings (SSSR count). The van der Waals surface area contributed by atoms with Crippen LogP contribution in [0.3, 0.4) is 0 Å². The van der Waals surface area contributed by atoms with E-state index < -0.39 is 11.3 Å². The minimum atomic E-state index is -1.35. The molecule has 1 aliphatic carbocycles. The molecule has 2 aromatic carbocycles. The third kappa shape index (κ3) is 6.69. The number of hydrogen-bond donors (Lipinski definition) is 0. The van der Waals surface area contributed by atoms with Crippen LogP contribution >= 0.6 is 0 Å². The van der Waals surface area contributed by atoms with Crippen LogP contribution in [0.2, 0.25) is 0 Å². The number of alkyl halides is 1. The van der Waals surface area contributed by atoms with Crippen LogP contribution in [-0.4, -0.2) is 58.6 Å². The molecular weight excluding hydrogens is 443 g/mol. The van der Waals surface area contributed by atoms with E-state index in [2.05, 4.69) is 17.0 Å². The van der Waals surface area contributed by atoms with Gasteiger partial charge < -0.3 is 9.64 Å². The molecule has 2 aliphatic rings. The van der Waals surface area contributed by atoms with Crippen molar-refractivity contribution in [1.29, 1.82) is 0 Å². The number of benzene rings is 2. The van der Waals surface area contributed by atoms with Crippen molar-refractivity contribution in [3.8, 4) is 0 Å². The predicted octanol–water partition coefficient (Wildman–Crippen LogP) is 5.35. The van der Waals surface area contributed by atoms with Gasteiger partial charge in [0.05, 0.1) is 12.1 Å². The topological polar surface area (TPSA) is 49.9 Å². The van der Waals surface area contributed by atoms with Gasteiger partial charge in [-0.1, -0.05) is 42.5 Å². The third-order valence-electron chi connectivity index (χ3n) is 6.99. The lowest BCUT2D eigenvalue weighted by Crippen LogP contribution is -2.50. The van der Waals surface area contributed by atoms with Gasteiger partial charge in [-0.3, -0.25) is 9.69 Å². The van der Waals surface area contributed by atoms with E-state index in [1.54, 1.807) is 24.0 Å². The lowest BCUT2D eigenvalue weighted by Gasteiger charge is -2.39. The number of rotatable bonds is 7. The van der Waals surface area contributed by atoms with Crippen LogP contribution in [-0.2, 0) is 16.1 Å². The largest absolute Gasteiger partial charge is 0.456 e. The minimum Gasteiger partial charge on any atom is -0.456 e. The number of ether oxygens (including phenoxy) is 1. The SMILES string of the molecule is CC(=O)N(CC1(F)CCN(Cc2ccc(C(=O)OC(C)(C)C)cc2)CC1)C1CC1c1ccccc1. The number of nitrogens with zero attached hydrogens (tertiary/aromatic N) is 2. The molecule has 35 heavy (non-hydrogen) atoms. The Morgan fingerprint density at radius 1 is 1.06 bits per heavy atom. The Morgan fingerprint density at radius 2 is 1.69 bits per heavy atom. The normalized spacial score (nSPS) is 21.9. The molecule has 6 heteroatoms. The van der Waals surface area contributed by atoms with Crippen molar-refractivity contribution in [3.05, 3.63) is 71.3 Å². The van der Waals surface area contributed by atoms with E-state index in [4.69, 9.17) is 4.74 Å². The van der Waals surface area contributed by atoms with E-state index >= 15 is 4.39 Å². The molecule has 2 atom stereocenters. The maximum absolute atomic E-state index is 15.8. The number of piperidine rings is 1. The average molecular weight is 481 g/mol. The van der Waals surface area contributed by atoms with Crippen LogP contribution in [0, 0.1) is 0 Å². The molecule has 0 N–H and O–H groups in total. The van der Waals surface area contributed by atoms with Gasteiger partial charge in [-0.15, -0.1) is 0 Å². The van der Waals surface area contributed by atoms with Gasteiger partial charge in [-0.2, -0.15) is 0 Å². The van der Waals surface area contributed by atoms with E-state index in [0.29, 0.717) is 44.0 Å². The number of likely N-dealkylation sites (tertiary alicyclic amines) is 1. The van der Waals surface area contributed by atoms with Crippen LogP contribution in [0.25, 0.3) is 0 Å². The first-order valence-electron chi connectivity index (χ1n) is 12.6. The highest BCUT2D eigenvalue weighted by Gasteiger charge is 2.47. The Labute approximate surface area is 208 Å². The van der Waals surface area contributed by atoms with Crippen LogP contribution in [0.4, 0.5) is 4.39 Å². The van der Waals surface area contributed by atoms with Gasteiger partial charge in [0.15, 0.2) is 0 Å². The fraction of sp³-hybridized carbons (Fsp3) is 0.517. The molecule has 1 saturated carbocycles. The summed E-state index contributed by atoms with van der Waals surface area (Å²) in [4.78, 5) is 28.6. The van der Waals surface area contributed by atoms with E-state index in [1.807, 2.05) is 51.1 Å². The summed E-state index contributed by atoms with van der Waals surface area (Å²) in [5.41, 5.74) is 0.958. The van der Waals surface area contributed by atoms with Gasteiger partial charge in [0.2, 0.25) is 5.91 Å². The van der Waals surface area contributed by atoms with Crippen molar-refractivity contribution in [2.24, 2.45) is 0 Å². The smallest absolute Gasteiger partial charge is 0.338 e. The molecule has 2 aromatic rings. The number of hydrogen-bond acceptors (Lipinski definition) is 4. The molecule has 0 radical (unpaired) electrons. The van der Waals surface area contributed by atoms with Gasteiger partial charge in [0.1, 0.15) is 11.3 Å². The summed E-state index contributed by atoms with van der Waals surface area (Å²) in [5.74, 6) is -0.0603. The monoisotopic (exact) mass is 480 g/mol. The third-order valence-corrected chi connectivity index (χ3v) is 6.99. The van der Waals surface area contributed by atoms with E-state index in [0.717, 1.165) is 12.0 Å². The molecule has 0 bridgehead atoms. The van der Waals surface area contributed by atoms with Crippen molar-refractivity contribution >= 4 is 11.9 Å². The Balaban J connectivity index is 1.29. The Hall–Kier alpha value is -2.73. The minimum absolute atomic E-state index is 0.0436. The Morgan fingerprint density at radius 3 is 2.26 bits per heavy atom. The first kappa shape index (κ1) is 25.4. The van der Waals surface area contributed by atoms with Gasteiger partial charge in [-0.05, 0) is 63.3 Å². The van der Waals surface area contributed by atoms with E-state index in [9.17, 15) is 9.59 Å². The predicted molar refractivity (Wildman–Crippen MR) is 135 cm³/mol. The number of carbonyl (C=O) groups excluding carboxylic acids is 2. The maximum Gasteiger partial charge on any atom is 0.338 e. The van der Waals surface area contributed by atoms with Crippen molar-refractivity contribution < 1.29 is 18.7 Å². The molecule has 0 aromatic heterocycles. The highest BCUT2D eigenvalue weighted by Crippen LogP contribution is 2.46. The molecule has 5 nitrogen and oxygen atoms in total. The fourth-order valence-electron chi connectivity index (χ4n) is 4.96. The molecule has 2 unspecified atom stereocenters. The summed E-state index contributed by atoms with van der Waals surface area (Å²) in [6.45, 7) is 9.27. The molecule has 0 spiro atoms. The number of esters is 1. The summed E-state index contributed by atoms with van der Waals surface area (Å²) in [5, 5.41) is 0. The molecule has 1 heterocycles. The quantitative estimate of drug-likeness (QED) is 0.501. The summed E-state index contributed by atoms with van der Waals surface area (Å²) >= 11 is 0. The summed E-state index contributed by atoms with van der Waals surface area (Å²) < 4.78 is 21.2. The number of halogens is 1. The first-order valence-corrected chi connectivity index (χ1v) is 12.6. The fourth-order valence-corrected chi connectivity index (χ4v) is 4.96. The van der Waals surface area contributed by atoms with E-state index in [1.165, 1.54) is 5.56 Å². The average Bonchev–Trinajstić information content (AvgIpc) is 3.60. The zero-order valence-corrected chi connectivity index (χ0v) is 21.3. The summed E-state index contributed by atoms with van der Waals surface area (Å²) in [6, 6.07) is 17.7. The van der Waals surface area contributed by atoms with Crippen LogP contribution < -0.4 is 0 Å². The van der Waals surface area contributed by atoms with Crippen molar-refractivity contribution in [1.82, 2.24) is 9.80 Å². The van der Waals surface area contributed by atoms with Gasteiger partial charge in [0, 0.05) is 38.5 Å². The lowest BCUT2D eigenvalue weighted by molar-refractivity contribution is -0.132. The van der Waals surface area contributed by atoms with Gasteiger partial charge in [0.25, 0.3) is 0 Å². The van der Waals surface area contributed by atoms with Gasteiger partial charge >= 0.3 is 5.97 Å². The van der Waals surface area contributed by atoms with Crippen LogP contribution in [0.15, 0.2) is 54.6 Å². The molecule has 1 amide bonds. The highest BCUT2D eigenvalue weighted by molar-refractivity contribution is 5.89. The summed E-state index contributed by atoms with van der Waals surface area (Å²) in [6.07, 6.45) is 1.73. The van der Waals surface area contributed by atoms with Crippen LogP contribution in [0.1, 0.15) is 74.4 Å². The Kier molecular flexibility index (Phi) is 7.32. The Bertz CT molecular complexity index is 1020. The first-order chi connectivity index (χ1) is 16.5. The molecule has 188 valence electrons. The standard InChI is InChI=1S/C29H37FN2O3/c1-21(33)32(26-18-25(26)23-8-6-5-7-9-23)20-29(30)14-16-31(17-15-29)19-22-10-12-24(13-11-22)27(34)35-28(2,3)4/h5-13,25-26H,14-20H2,1-4H3. The number of amides is 1. The summed E-state index contributed by atoms with van der Waals surface area (Å²) in [7, 11) is 0. The molecule has 2 fully saturated rings. The van der Waals surface area contributed by atoms with Gasteiger partial charge in [-0.25, -0.2) is 9.18 Å². The molecular formula is C29H37FN2O3. The van der Waals surface area contributed by atoms with E-state index in [-0.39, 0.29) is 24.5 Å². The second kappa shape index (κ2) is 10.1. The van der Waals surface area contributed by atoms with Crippen molar-refractivity contribution in [3.63, 3.8) is 0 Å². The van der Waals surface area contributed by atoms with Crippen molar-refractivity contribution in [2.45, 2.75) is 76.7 Å². The zero-order valence-electron chi connectivity index (χ0n) is 21.3. The maximum atomic E-state index is 15.8. The van der Waals surface area contributed by atoms with Crippen LogP contribution in [0.5, 0.6) is 0 Å². The lowest BCUT2D eigenvalue weighted by atomic mass is 9.92. The second-order valence-electron chi connectivity index (χ2n) is 11.1. The highest BCUT2D eigenvalue weighted by atomic mass is 19.1.